The van der Waals surface area contributed by atoms with Crippen molar-refractivity contribution < 1.29 is 9.53 Å². The molecule has 0 fully saturated rings. The van der Waals surface area contributed by atoms with Crippen LogP contribution in [0.15, 0.2) is 22.3 Å². The molecule has 0 atom stereocenters. The average molecular weight is 135 g/mol. The van der Waals surface area contributed by atoms with Crippen molar-refractivity contribution in [3.05, 3.63) is 17.3 Å². The van der Waals surface area contributed by atoms with Crippen molar-refractivity contribution >= 4 is 11.8 Å². The molecular weight excluding hydrogens is 130 g/mol. The van der Waals surface area contributed by atoms with E-state index >= 15 is 0 Å². The molecule has 10 heavy (non-hydrogen) atoms. The Morgan fingerprint density at radius 2 is 2.60 bits per heavy atom. The highest BCUT2D eigenvalue weighted by Crippen LogP contribution is 2.20. The second-order valence-corrected chi connectivity index (χ2v) is 2.19. The fourth-order valence-electron chi connectivity index (χ4n) is 0.967. The number of hydrogen-bond acceptors (Lipinski definition) is 3. The quantitative estimate of drug-likeness (QED) is 0.452. The van der Waals surface area contributed by atoms with Crippen molar-refractivity contribution in [1.29, 1.82) is 0 Å². The standard InChI is InChI=1S/C7H5NO2/c9-7-3-6-5(4-10-7)1-2-8-6/h1H,3-4H2. The van der Waals surface area contributed by atoms with Crippen LogP contribution in [0, 0.1) is 0 Å². The second-order valence-electron chi connectivity index (χ2n) is 2.19. The van der Waals surface area contributed by atoms with Gasteiger partial charge in [0.25, 0.3) is 0 Å². The summed E-state index contributed by atoms with van der Waals surface area (Å²) >= 11 is 0. The normalized spacial score (nSPS) is 21.4. The van der Waals surface area contributed by atoms with Gasteiger partial charge in [0.15, 0.2) is 0 Å². The van der Waals surface area contributed by atoms with Crippen LogP contribution >= 0.6 is 0 Å². The van der Waals surface area contributed by atoms with Gasteiger partial charge in [-0.1, -0.05) is 0 Å². The molecule has 0 aromatic heterocycles. The van der Waals surface area contributed by atoms with Crippen LogP contribution in [-0.4, -0.2) is 18.4 Å². The molecule has 50 valence electrons. The number of hydrogen-bond donors (Lipinski definition) is 0. The van der Waals surface area contributed by atoms with Crippen molar-refractivity contribution in [1.82, 2.24) is 0 Å². The molecule has 0 aromatic rings. The summed E-state index contributed by atoms with van der Waals surface area (Å²) in [6.45, 7) is 0.366. The van der Waals surface area contributed by atoms with Gasteiger partial charge in [-0.2, -0.15) is 0 Å². The Kier molecular flexibility index (Phi) is 0.992. The lowest BCUT2D eigenvalue weighted by atomic mass is 10.1. The van der Waals surface area contributed by atoms with E-state index in [1.165, 1.54) is 0 Å². The van der Waals surface area contributed by atoms with Gasteiger partial charge in [-0.05, 0) is 5.87 Å². The van der Waals surface area contributed by atoms with Gasteiger partial charge in [0.05, 0.1) is 12.1 Å². The minimum atomic E-state index is -0.195. The molecule has 2 rings (SSSR count). The Hall–Kier alpha value is -1.34. The third-order valence-electron chi connectivity index (χ3n) is 1.51. The number of carbonyl (C=O) groups excluding carboxylic acids is 1. The number of cyclic esters (lactones) is 1. The number of aliphatic imine (C=N–C) groups is 1. The van der Waals surface area contributed by atoms with Gasteiger partial charge in [0.1, 0.15) is 6.61 Å². The lowest BCUT2D eigenvalue weighted by Gasteiger charge is -2.10. The van der Waals surface area contributed by atoms with E-state index in [9.17, 15) is 4.79 Å². The maximum absolute atomic E-state index is 10.6. The number of carbonyl (C=O) groups is 1. The fraction of sp³-hybridized carbons (Fsp3) is 0.286. The predicted octanol–water partition coefficient (Wildman–Crippen LogP) is 0.427. The zero-order valence-corrected chi connectivity index (χ0v) is 5.26. The maximum atomic E-state index is 10.6. The molecule has 0 amide bonds. The Morgan fingerprint density at radius 1 is 1.70 bits per heavy atom. The van der Waals surface area contributed by atoms with Crippen LogP contribution < -0.4 is 0 Å². The smallest absolute Gasteiger partial charge is 0.312 e. The summed E-state index contributed by atoms with van der Waals surface area (Å²) in [6.07, 6.45) is 2.06. The second kappa shape index (κ2) is 1.82. The number of nitrogens with zero attached hydrogens (tertiary/aromatic N) is 1. The third-order valence-corrected chi connectivity index (χ3v) is 1.51. The van der Waals surface area contributed by atoms with E-state index in [0.29, 0.717) is 13.0 Å². The molecule has 0 N–H and O–H groups in total. The van der Waals surface area contributed by atoms with Gasteiger partial charge in [-0.25, -0.2) is 4.99 Å². The summed E-state index contributed by atoms with van der Waals surface area (Å²) < 4.78 is 4.76. The van der Waals surface area contributed by atoms with Crippen LogP contribution in [0.2, 0.25) is 0 Å². The van der Waals surface area contributed by atoms with Crippen LogP contribution in [0.25, 0.3) is 0 Å². The predicted molar refractivity (Wildman–Crippen MR) is 34.6 cm³/mol. The summed E-state index contributed by atoms with van der Waals surface area (Å²) in [5.74, 6) is 2.48. The maximum Gasteiger partial charge on any atom is 0.312 e. The molecule has 0 unspecified atom stereocenters. The SMILES string of the molecule is O=C1CC2=C(C=C=N2)CO1. The first kappa shape index (κ1) is 5.45. The molecule has 0 aliphatic carbocycles. The monoisotopic (exact) mass is 135 g/mol. The Labute approximate surface area is 57.7 Å². The third kappa shape index (κ3) is 0.684. The molecule has 3 heteroatoms. The van der Waals surface area contributed by atoms with Gasteiger partial charge in [0, 0.05) is 11.6 Å². The van der Waals surface area contributed by atoms with Gasteiger partial charge in [-0.3, -0.25) is 4.79 Å². The largest absolute Gasteiger partial charge is 0.460 e. The molecule has 3 nitrogen and oxygen atoms in total. The summed E-state index contributed by atoms with van der Waals surface area (Å²) in [5, 5.41) is 0. The lowest BCUT2D eigenvalue weighted by Crippen LogP contribution is -2.13. The van der Waals surface area contributed by atoms with E-state index in [-0.39, 0.29) is 5.97 Å². The molecule has 0 saturated carbocycles. The fourth-order valence-corrected chi connectivity index (χ4v) is 0.967. The highest BCUT2D eigenvalue weighted by atomic mass is 16.5. The molecule has 2 aliphatic rings. The molecule has 0 spiro atoms. The van der Waals surface area contributed by atoms with Crippen LogP contribution in [0.1, 0.15) is 6.42 Å². The molecule has 0 aromatic carbocycles. The van der Waals surface area contributed by atoms with Crippen molar-refractivity contribution in [3.8, 4) is 0 Å². The summed E-state index contributed by atoms with van der Waals surface area (Å²) in [7, 11) is 0. The molecule has 0 radical (unpaired) electrons. The van der Waals surface area contributed by atoms with Crippen LogP contribution in [0.4, 0.5) is 0 Å². The molecule has 0 saturated heterocycles. The summed E-state index contributed by atoms with van der Waals surface area (Å²) in [5.41, 5.74) is 1.80. The topological polar surface area (TPSA) is 38.7 Å². The zero-order valence-electron chi connectivity index (χ0n) is 5.26. The molecule has 0 bridgehead atoms. The first-order valence-electron chi connectivity index (χ1n) is 3.03. The summed E-state index contributed by atoms with van der Waals surface area (Å²) in [6, 6.07) is 0. The van der Waals surface area contributed by atoms with Crippen molar-refractivity contribution in [2.24, 2.45) is 4.99 Å². The van der Waals surface area contributed by atoms with Gasteiger partial charge >= 0.3 is 5.97 Å². The van der Waals surface area contributed by atoms with Crippen LogP contribution in [-0.2, 0) is 9.53 Å². The number of esters is 1. The summed E-state index contributed by atoms with van der Waals surface area (Å²) in [4.78, 5) is 14.5. The average Bonchev–Trinajstić information content (AvgIpc) is 2.33. The van der Waals surface area contributed by atoms with E-state index in [1.54, 1.807) is 6.08 Å². The molecular formula is C7H5NO2. The first-order valence-corrected chi connectivity index (χ1v) is 3.03. The highest BCUT2D eigenvalue weighted by Gasteiger charge is 2.19. The van der Waals surface area contributed by atoms with E-state index < -0.39 is 0 Å². The minimum absolute atomic E-state index is 0.195. The van der Waals surface area contributed by atoms with Gasteiger partial charge in [-0.15, -0.1) is 0 Å². The van der Waals surface area contributed by atoms with Crippen molar-refractivity contribution in [2.45, 2.75) is 6.42 Å². The van der Waals surface area contributed by atoms with E-state index in [4.69, 9.17) is 4.74 Å². The number of ether oxygens (including phenoxy) is 1. The van der Waals surface area contributed by atoms with Crippen LogP contribution in [0.5, 0.6) is 0 Å². The first-order chi connectivity index (χ1) is 4.86. The molecule has 2 aliphatic heterocycles. The van der Waals surface area contributed by atoms with Crippen molar-refractivity contribution in [3.63, 3.8) is 0 Å². The van der Waals surface area contributed by atoms with Crippen molar-refractivity contribution in [2.75, 3.05) is 6.61 Å². The van der Waals surface area contributed by atoms with Crippen LogP contribution in [0.3, 0.4) is 0 Å². The van der Waals surface area contributed by atoms with Gasteiger partial charge < -0.3 is 4.74 Å². The zero-order chi connectivity index (χ0) is 6.97. The Balaban J connectivity index is 2.32. The molecule has 2 heterocycles. The van der Waals surface area contributed by atoms with E-state index in [2.05, 4.69) is 10.9 Å². The van der Waals surface area contributed by atoms with E-state index in [1.807, 2.05) is 0 Å². The Morgan fingerprint density at radius 3 is 3.50 bits per heavy atom. The van der Waals surface area contributed by atoms with Gasteiger partial charge in [0.2, 0.25) is 0 Å². The number of rotatable bonds is 0. The Bertz CT molecular complexity index is 282. The minimum Gasteiger partial charge on any atom is -0.460 e. The lowest BCUT2D eigenvalue weighted by molar-refractivity contribution is -0.142. The highest BCUT2D eigenvalue weighted by molar-refractivity contribution is 5.78. The van der Waals surface area contributed by atoms with E-state index in [0.717, 1.165) is 11.3 Å².